The summed E-state index contributed by atoms with van der Waals surface area (Å²) in [4.78, 5) is 12.3. The van der Waals surface area contributed by atoms with Crippen molar-refractivity contribution in [2.24, 2.45) is 0 Å². The van der Waals surface area contributed by atoms with E-state index in [9.17, 15) is 15.0 Å². The molecule has 152 valence electrons. The predicted molar refractivity (Wildman–Crippen MR) is 106 cm³/mol. The topological polar surface area (TPSA) is 85.2 Å². The number of rotatable bonds is 5. The monoisotopic (exact) mass is 396 g/mol. The van der Waals surface area contributed by atoms with Crippen molar-refractivity contribution < 1.29 is 28.9 Å². The van der Waals surface area contributed by atoms with Gasteiger partial charge in [-0.1, -0.05) is 20.8 Å². The van der Waals surface area contributed by atoms with E-state index in [1.54, 1.807) is 31.4 Å². The molecule has 4 atom stereocenters. The second-order valence-electron chi connectivity index (χ2n) is 8.65. The van der Waals surface area contributed by atoms with E-state index in [0.29, 0.717) is 24.2 Å². The van der Waals surface area contributed by atoms with E-state index in [1.165, 1.54) is 0 Å². The molecule has 1 aliphatic carbocycles. The number of hydrogen-bond donors (Lipinski definition) is 2. The molecule has 0 saturated heterocycles. The molecule has 1 aromatic rings. The Hall–Kier alpha value is -1.41. The first-order chi connectivity index (χ1) is 12.5. The van der Waals surface area contributed by atoms with Gasteiger partial charge in [0.15, 0.2) is 8.32 Å². The van der Waals surface area contributed by atoms with Gasteiger partial charge in [0.05, 0.1) is 18.8 Å². The first-order valence-electron chi connectivity index (χ1n) is 9.35. The SMILES string of the molecule is COc1ccc(C(=O)O[C@@H]2CC[C@@H](O[Si](C)(C)C(C)(C)C)[C@H](O)[C@@H]2O)cc1. The fourth-order valence-corrected chi connectivity index (χ4v) is 4.22. The number of carbonyl (C=O) groups is 1. The van der Waals surface area contributed by atoms with Crippen LogP contribution in [0.4, 0.5) is 0 Å². The number of benzene rings is 1. The largest absolute Gasteiger partial charge is 0.497 e. The molecule has 0 unspecified atom stereocenters. The number of carbonyl (C=O) groups excluding carboxylic acids is 1. The van der Waals surface area contributed by atoms with Crippen LogP contribution in [0.15, 0.2) is 24.3 Å². The van der Waals surface area contributed by atoms with E-state index in [-0.39, 0.29) is 5.04 Å². The summed E-state index contributed by atoms with van der Waals surface area (Å²) < 4.78 is 16.8. The van der Waals surface area contributed by atoms with Gasteiger partial charge >= 0.3 is 5.97 Å². The van der Waals surface area contributed by atoms with Gasteiger partial charge in [-0.25, -0.2) is 4.79 Å². The number of aliphatic hydroxyl groups is 2. The zero-order chi connectivity index (χ0) is 20.4. The highest BCUT2D eigenvalue weighted by molar-refractivity contribution is 6.74. The maximum absolute atomic E-state index is 12.3. The summed E-state index contributed by atoms with van der Waals surface area (Å²) in [5.74, 6) is 0.114. The van der Waals surface area contributed by atoms with Crippen LogP contribution in [0, 0.1) is 0 Å². The molecule has 0 bridgehead atoms. The van der Waals surface area contributed by atoms with Crippen LogP contribution < -0.4 is 4.74 Å². The third-order valence-electron chi connectivity index (χ3n) is 5.68. The summed E-state index contributed by atoms with van der Waals surface area (Å²) in [6.07, 6.45) is -2.48. The lowest BCUT2D eigenvalue weighted by Gasteiger charge is -2.44. The summed E-state index contributed by atoms with van der Waals surface area (Å²) in [6, 6.07) is 6.56. The minimum atomic E-state index is -2.07. The Labute approximate surface area is 162 Å². The summed E-state index contributed by atoms with van der Waals surface area (Å²) in [6.45, 7) is 10.6. The molecule has 2 rings (SSSR count). The zero-order valence-electron chi connectivity index (χ0n) is 17.1. The third kappa shape index (κ3) is 5.10. The average Bonchev–Trinajstić information content (AvgIpc) is 2.60. The number of hydrogen-bond acceptors (Lipinski definition) is 6. The van der Waals surface area contributed by atoms with Crippen LogP contribution in [0.2, 0.25) is 18.1 Å². The Balaban J connectivity index is 1.99. The Morgan fingerprint density at radius 2 is 1.56 bits per heavy atom. The molecule has 2 N–H and O–H groups in total. The Morgan fingerprint density at radius 3 is 2.07 bits per heavy atom. The van der Waals surface area contributed by atoms with Crippen molar-refractivity contribution in [3.63, 3.8) is 0 Å². The van der Waals surface area contributed by atoms with E-state index in [2.05, 4.69) is 33.9 Å². The molecule has 0 aliphatic heterocycles. The molecule has 1 saturated carbocycles. The molecule has 1 aromatic carbocycles. The first kappa shape index (κ1) is 21.9. The molecule has 0 radical (unpaired) electrons. The summed E-state index contributed by atoms with van der Waals surface area (Å²) in [5.41, 5.74) is 0.372. The molecule has 1 fully saturated rings. The van der Waals surface area contributed by atoms with Crippen molar-refractivity contribution in [2.75, 3.05) is 7.11 Å². The normalized spacial score (nSPS) is 26.5. The van der Waals surface area contributed by atoms with Crippen molar-refractivity contribution in [1.82, 2.24) is 0 Å². The molecule has 7 heteroatoms. The fraction of sp³-hybridized carbons (Fsp3) is 0.650. The number of aliphatic hydroxyl groups excluding tert-OH is 2. The van der Waals surface area contributed by atoms with Gasteiger partial charge in [0.25, 0.3) is 0 Å². The second-order valence-corrected chi connectivity index (χ2v) is 13.4. The molecule has 0 amide bonds. The highest BCUT2D eigenvalue weighted by Crippen LogP contribution is 2.39. The third-order valence-corrected chi connectivity index (χ3v) is 10.2. The summed E-state index contributed by atoms with van der Waals surface area (Å²) >= 11 is 0. The van der Waals surface area contributed by atoms with E-state index in [1.807, 2.05) is 0 Å². The smallest absolute Gasteiger partial charge is 0.338 e. The second kappa shape index (κ2) is 8.30. The molecule has 0 aromatic heterocycles. The van der Waals surface area contributed by atoms with Crippen LogP contribution in [-0.2, 0) is 9.16 Å². The van der Waals surface area contributed by atoms with Crippen molar-refractivity contribution in [3.05, 3.63) is 29.8 Å². The van der Waals surface area contributed by atoms with Gasteiger partial charge in [0.1, 0.15) is 24.1 Å². The lowest BCUT2D eigenvalue weighted by molar-refractivity contribution is -0.134. The highest BCUT2D eigenvalue weighted by Gasteiger charge is 2.45. The molecule has 6 nitrogen and oxygen atoms in total. The lowest BCUT2D eigenvalue weighted by atomic mass is 9.89. The lowest BCUT2D eigenvalue weighted by Crippen LogP contribution is -2.55. The van der Waals surface area contributed by atoms with Gasteiger partial charge in [0.2, 0.25) is 0 Å². The Morgan fingerprint density at radius 1 is 1.04 bits per heavy atom. The number of methoxy groups -OCH3 is 1. The van der Waals surface area contributed by atoms with Gasteiger partial charge in [-0.15, -0.1) is 0 Å². The van der Waals surface area contributed by atoms with Gasteiger partial charge in [-0.05, 0) is 55.2 Å². The summed E-state index contributed by atoms with van der Waals surface area (Å²) in [5, 5.41) is 21.0. The van der Waals surface area contributed by atoms with Gasteiger partial charge in [0, 0.05) is 0 Å². The summed E-state index contributed by atoms with van der Waals surface area (Å²) in [7, 11) is -0.519. The standard InChI is InChI=1S/C20H32O6Si/c1-20(2,3)27(5,6)26-16-12-11-15(17(21)18(16)22)25-19(23)13-7-9-14(24-4)10-8-13/h7-10,15-18,21-22H,11-12H2,1-6H3/t15-,16-,17-,18+/m1/s1. The van der Waals surface area contributed by atoms with E-state index in [0.717, 1.165) is 0 Å². The average molecular weight is 397 g/mol. The Kier molecular flexibility index (Phi) is 6.73. The minimum Gasteiger partial charge on any atom is -0.497 e. The molecule has 27 heavy (non-hydrogen) atoms. The van der Waals surface area contributed by atoms with E-state index >= 15 is 0 Å². The van der Waals surface area contributed by atoms with Gasteiger partial charge in [-0.3, -0.25) is 0 Å². The maximum Gasteiger partial charge on any atom is 0.338 e. The van der Waals surface area contributed by atoms with E-state index in [4.69, 9.17) is 13.9 Å². The molecule has 1 aliphatic rings. The van der Waals surface area contributed by atoms with Crippen molar-refractivity contribution in [2.45, 2.75) is 76.2 Å². The first-order valence-corrected chi connectivity index (χ1v) is 12.3. The van der Waals surface area contributed by atoms with Gasteiger partial charge < -0.3 is 24.1 Å². The number of ether oxygens (including phenoxy) is 2. The van der Waals surface area contributed by atoms with Crippen LogP contribution in [-0.4, -0.2) is 56.0 Å². The van der Waals surface area contributed by atoms with Crippen molar-refractivity contribution in [3.8, 4) is 5.75 Å². The van der Waals surface area contributed by atoms with Crippen LogP contribution in [0.5, 0.6) is 5.75 Å². The number of esters is 1. The van der Waals surface area contributed by atoms with Crippen molar-refractivity contribution in [1.29, 1.82) is 0 Å². The fourth-order valence-electron chi connectivity index (χ4n) is 2.86. The minimum absolute atomic E-state index is 0.00928. The highest BCUT2D eigenvalue weighted by atomic mass is 28.4. The van der Waals surface area contributed by atoms with E-state index < -0.39 is 38.7 Å². The zero-order valence-corrected chi connectivity index (χ0v) is 18.1. The molecule has 0 spiro atoms. The predicted octanol–water partition coefficient (Wildman–Crippen LogP) is 3.13. The van der Waals surface area contributed by atoms with Crippen LogP contribution >= 0.6 is 0 Å². The maximum atomic E-state index is 12.3. The molecular formula is C20H32O6Si. The van der Waals surface area contributed by atoms with Crippen molar-refractivity contribution >= 4 is 14.3 Å². The Bertz CT molecular complexity index is 637. The van der Waals surface area contributed by atoms with Crippen LogP contribution in [0.3, 0.4) is 0 Å². The van der Waals surface area contributed by atoms with Crippen LogP contribution in [0.25, 0.3) is 0 Å². The molecular weight excluding hydrogens is 364 g/mol. The molecule has 0 heterocycles. The quantitative estimate of drug-likeness (QED) is 0.587. The van der Waals surface area contributed by atoms with Crippen LogP contribution in [0.1, 0.15) is 44.0 Å². The van der Waals surface area contributed by atoms with Gasteiger partial charge in [-0.2, -0.15) is 0 Å².